The van der Waals surface area contributed by atoms with E-state index in [2.05, 4.69) is 14.9 Å². The van der Waals surface area contributed by atoms with Crippen LogP contribution in [-0.4, -0.2) is 55.2 Å². The molecule has 0 aliphatic carbocycles. The van der Waals surface area contributed by atoms with Gasteiger partial charge in [-0.1, -0.05) is 6.07 Å². The molecule has 2 aromatic rings. The van der Waals surface area contributed by atoms with Crippen molar-refractivity contribution < 1.29 is 27.9 Å². The quantitative estimate of drug-likeness (QED) is 0.292. The second-order valence-corrected chi connectivity index (χ2v) is 10.4. The number of methoxy groups -OCH3 is 1. The van der Waals surface area contributed by atoms with Gasteiger partial charge in [0.05, 0.1) is 26.9 Å². The van der Waals surface area contributed by atoms with Crippen LogP contribution in [-0.2, 0) is 23.1 Å². The summed E-state index contributed by atoms with van der Waals surface area (Å²) in [6.07, 6.45) is 4.98. The molecule has 9 nitrogen and oxygen atoms in total. The van der Waals surface area contributed by atoms with Crippen LogP contribution >= 0.6 is 7.60 Å². The maximum Gasteiger partial charge on any atom is 0.352 e. The Kier molecular flexibility index (Phi) is 9.68. The Morgan fingerprint density at radius 2 is 1.91 bits per heavy atom. The molecular formula is C24H36N3O6P. The third kappa shape index (κ3) is 6.06. The van der Waals surface area contributed by atoms with Crippen LogP contribution in [0.1, 0.15) is 52.9 Å². The van der Waals surface area contributed by atoms with Crippen LogP contribution in [0.4, 0.5) is 5.82 Å². The first kappa shape index (κ1) is 26.4. The fraction of sp³-hybridized carbons (Fsp3) is 0.625. The molecule has 0 saturated carbocycles. The van der Waals surface area contributed by atoms with Gasteiger partial charge in [0, 0.05) is 18.4 Å². The van der Waals surface area contributed by atoms with Crippen molar-refractivity contribution in [3.05, 3.63) is 24.5 Å². The zero-order chi connectivity index (χ0) is 24.6. The lowest BCUT2D eigenvalue weighted by atomic mass is 9.91. The lowest BCUT2D eigenvalue weighted by Crippen LogP contribution is -2.44. The maximum atomic E-state index is 14.0. The summed E-state index contributed by atoms with van der Waals surface area (Å²) in [7, 11) is -1.86. The number of hydrogen-bond donors (Lipinski definition) is 0. The fourth-order valence-corrected chi connectivity index (χ4v) is 6.86. The number of hydrogen-bond acceptors (Lipinski definition) is 9. The van der Waals surface area contributed by atoms with Gasteiger partial charge in [-0.3, -0.25) is 9.36 Å². The van der Waals surface area contributed by atoms with E-state index in [9.17, 15) is 9.36 Å². The van der Waals surface area contributed by atoms with E-state index in [0.717, 1.165) is 24.6 Å². The molecule has 0 amide bonds. The Hall–Kier alpha value is -2.22. The molecule has 1 aliphatic heterocycles. The van der Waals surface area contributed by atoms with Crippen LogP contribution in [0.25, 0.3) is 10.9 Å². The highest BCUT2D eigenvalue weighted by molar-refractivity contribution is 7.54. The molecule has 188 valence electrons. The number of para-hydroxylation sites is 1. The van der Waals surface area contributed by atoms with Crippen LogP contribution in [0, 0.1) is 5.92 Å². The van der Waals surface area contributed by atoms with Gasteiger partial charge in [0.15, 0.2) is 0 Å². The van der Waals surface area contributed by atoms with Gasteiger partial charge in [-0.15, -0.1) is 0 Å². The lowest BCUT2D eigenvalue weighted by molar-refractivity contribution is -0.143. The number of benzene rings is 1. The second-order valence-electron chi connectivity index (χ2n) is 8.19. The van der Waals surface area contributed by atoms with E-state index in [0.29, 0.717) is 43.1 Å². The molecule has 3 rings (SSSR count). The summed E-state index contributed by atoms with van der Waals surface area (Å²) >= 11 is 0. The normalized spacial score (nSPS) is 18.8. The molecule has 34 heavy (non-hydrogen) atoms. The molecule has 2 heterocycles. The predicted molar refractivity (Wildman–Crippen MR) is 131 cm³/mol. The van der Waals surface area contributed by atoms with Crippen molar-refractivity contribution in [3.8, 4) is 5.75 Å². The number of carbonyl (C=O) groups is 1. The molecule has 0 bridgehead atoms. The number of carbonyl (C=O) groups excluding carboxylic acids is 1. The summed E-state index contributed by atoms with van der Waals surface area (Å²) in [5.41, 5.74) is 0.702. The highest BCUT2D eigenvalue weighted by Gasteiger charge is 2.44. The largest absolute Gasteiger partial charge is 0.494 e. The van der Waals surface area contributed by atoms with Crippen molar-refractivity contribution >= 4 is 30.3 Å². The third-order valence-corrected chi connectivity index (χ3v) is 8.52. The average Bonchev–Trinajstić information content (AvgIpc) is 2.84. The standard InChI is InChI=1S/C24H36N3O6P/c1-5-31-22(28)13-8-10-18-14-15-27(21(16-18)34(29,32-6-2)33-7-3)24-19-11-9-12-20(30-4)23(19)25-17-26-24/h9,11-12,17-18,21H,5-8,10,13-16H2,1-4H3. The van der Waals surface area contributed by atoms with Crippen molar-refractivity contribution in [1.82, 2.24) is 9.97 Å². The van der Waals surface area contributed by atoms with Crippen molar-refractivity contribution in [1.29, 1.82) is 0 Å². The molecule has 1 aliphatic rings. The SMILES string of the molecule is CCOC(=O)CCCC1CCN(c2ncnc3c(OC)cccc23)C(P(=O)(OCC)OCC)C1. The second kappa shape index (κ2) is 12.5. The van der Waals surface area contributed by atoms with Crippen LogP contribution in [0.2, 0.25) is 0 Å². The number of anilines is 1. The van der Waals surface area contributed by atoms with Gasteiger partial charge in [0.2, 0.25) is 0 Å². The van der Waals surface area contributed by atoms with Crippen LogP contribution in [0.15, 0.2) is 24.5 Å². The van der Waals surface area contributed by atoms with E-state index in [1.54, 1.807) is 7.11 Å². The van der Waals surface area contributed by atoms with Gasteiger partial charge >= 0.3 is 13.6 Å². The maximum absolute atomic E-state index is 14.0. The van der Waals surface area contributed by atoms with Crippen molar-refractivity contribution in [2.24, 2.45) is 5.92 Å². The summed E-state index contributed by atoms with van der Waals surface area (Å²) in [6, 6.07) is 5.70. The Bertz CT molecular complexity index is 994. The molecule has 0 spiro atoms. The van der Waals surface area contributed by atoms with E-state index in [4.69, 9.17) is 18.5 Å². The van der Waals surface area contributed by atoms with Gasteiger partial charge in [0.25, 0.3) is 0 Å². The van der Waals surface area contributed by atoms with Crippen LogP contribution in [0.3, 0.4) is 0 Å². The first-order valence-corrected chi connectivity index (χ1v) is 13.7. The van der Waals surface area contributed by atoms with Crippen molar-refractivity contribution in [2.45, 2.75) is 58.7 Å². The highest BCUT2D eigenvalue weighted by atomic mass is 31.2. The van der Waals surface area contributed by atoms with Crippen molar-refractivity contribution in [2.75, 3.05) is 38.4 Å². The summed E-state index contributed by atoms with van der Waals surface area (Å²) in [5.74, 6) is 0.973. The minimum atomic E-state index is -3.47. The van der Waals surface area contributed by atoms with Crippen LogP contribution < -0.4 is 9.64 Å². The van der Waals surface area contributed by atoms with E-state index >= 15 is 0 Å². The summed E-state index contributed by atoms with van der Waals surface area (Å²) in [5, 5.41) is 0.826. The molecule has 10 heteroatoms. The number of aromatic nitrogens is 2. The number of fused-ring (bicyclic) bond motifs is 1. The van der Waals surface area contributed by atoms with Gasteiger partial charge in [-0.25, -0.2) is 9.97 Å². The van der Waals surface area contributed by atoms with Gasteiger partial charge in [-0.05, 0) is 64.5 Å². The van der Waals surface area contributed by atoms with Gasteiger partial charge in [0.1, 0.15) is 29.2 Å². The Morgan fingerprint density at radius 3 is 2.59 bits per heavy atom. The fourth-order valence-electron chi connectivity index (χ4n) is 4.60. The minimum Gasteiger partial charge on any atom is -0.494 e. The summed E-state index contributed by atoms with van der Waals surface area (Å²) in [4.78, 5) is 22.8. The topological polar surface area (TPSA) is 100 Å². The molecule has 0 N–H and O–H groups in total. The van der Waals surface area contributed by atoms with E-state index in [-0.39, 0.29) is 25.1 Å². The van der Waals surface area contributed by atoms with Gasteiger partial charge in [-0.2, -0.15) is 0 Å². The first-order valence-electron chi connectivity index (χ1n) is 12.1. The van der Waals surface area contributed by atoms with Gasteiger partial charge < -0.3 is 23.4 Å². The first-order chi connectivity index (χ1) is 16.5. The number of rotatable bonds is 12. The highest BCUT2D eigenvalue weighted by Crippen LogP contribution is 2.58. The lowest BCUT2D eigenvalue weighted by Gasteiger charge is -2.42. The monoisotopic (exact) mass is 493 g/mol. The zero-order valence-corrected chi connectivity index (χ0v) is 21.5. The zero-order valence-electron chi connectivity index (χ0n) is 20.6. The number of ether oxygens (including phenoxy) is 2. The van der Waals surface area contributed by atoms with E-state index in [1.807, 2.05) is 39.0 Å². The molecule has 1 aromatic carbocycles. The smallest absolute Gasteiger partial charge is 0.352 e. The number of piperidine rings is 1. The molecule has 1 saturated heterocycles. The molecule has 0 radical (unpaired) electrons. The minimum absolute atomic E-state index is 0.174. The number of nitrogens with zero attached hydrogens (tertiary/aromatic N) is 3. The molecule has 1 aromatic heterocycles. The average molecular weight is 494 g/mol. The Balaban J connectivity index is 1.91. The molecule has 2 unspecified atom stereocenters. The predicted octanol–water partition coefficient (Wildman–Crippen LogP) is 5.18. The van der Waals surface area contributed by atoms with E-state index in [1.165, 1.54) is 6.33 Å². The summed E-state index contributed by atoms with van der Waals surface area (Å²) in [6.45, 7) is 7.05. The number of esters is 1. The third-order valence-electron chi connectivity index (χ3n) is 6.06. The molecule has 1 fully saturated rings. The van der Waals surface area contributed by atoms with E-state index < -0.39 is 13.4 Å². The Labute approximate surface area is 201 Å². The molecule has 2 atom stereocenters. The molecular weight excluding hydrogens is 457 g/mol. The Morgan fingerprint density at radius 1 is 1.15 bits per heavy atom. The van der Waals surface area contributed by atoms with Crippen molar-refractivity contribution in [3.63, 3.8) is 0 Å². The van der Waals surface area contributed by atoms with Crippen LogP contribution in [0.5, 0.6) is 5.75 Å². The summed E-state index contributed by atoms with van der Waals surface area (Å²) < 4.78 is 36.1.